The zero-order valence-electron chi connectivity index (χ0n) is 26.5. The van der Waals surface area contributed by atoms with E-state index in [9.17, 15) is 0 Å². The van der Waals surface area contributed by atoms with Gasteiger partial charge in [-0.25, -0.2) is 9.97 Å². The van der Waals surface area contributed by atoms with Crippen LogP contribution in [0.3, 0.4) is 0 Å². The molecule has 0 saturated carbocycles. The van der Waals surface area contributed by atoms with Gasteiger partial charge in [-0.2, -0.15) is 0 Å². The maximum absolute atomic E-state index is 5.57. The summed E-state index contributed by atoms with van der Waals surface area (Å²) in [6.45, 7) is 0. The number of pyridine rings is 2. The molecule has 10 aromatic rings. The Labute approximate surface area is 287 Å². The van der Waals surface area contributed by atoms with Crippen molar-refractivity contribution in [3.05, 3.63) is 170 Å². The van der Waals surface area contributed by atoms with E-state index in [1.54, 1.807) is 0 Å². The van der Waals surface area contributed by atoms with Crippen molar-refractivity contribution in [2.75, 3.05) is 0 Å². The average Bonchev–Trinajstić information content (AvgIpc) is 3.58. The Kier molecular flexibility index (Phi) is 6.39. The first-order chi connectivity index (χ1) is 24.3. The van der Waals surface area contributed by atoms with Crippen LogP contribution in [0.1, 0.15) is 0 Å². The number of thiophene rings is 1. The molecule has 3 heterocycles. The number of hydrogen-bond acceptors (Lipinski definition) is 3. The molecule has 0 spiro atoms. The fourth-order valence-electron chi connectivity index (χ4n) is 7.36. The molecule has 0 aliphatic rings. The van der Waals surface area contributed by atoms with Crippen molar-refractivity contribution in [3.63, 3.8) is 0 Å². The lowest BCUT2D eigenvalue weighted by molar-refractivity contribution is 1.32. The first-order valence-electron chi connectivity index (χ1n) is 16.6. The number of nitrogens with zero attached hydrogens (tertiary/aromatic N) is 2. The Morgan fingerprint density at radius 1 is 0.347 bits per heavy atom. The molecule has 0 radical (unpaired) electrons. The molecule has 0 aliphatic heterocycles. The lowest BCUT2D eigenvalue weighted by Gasteiger charge is -2.15. The molecule has 3 aromatic heterocycles. The second-order valence-electron chi connectivity index (χ2n) is 12.5. The number of rotatable bonds is 4. The molecule has 0 aliphatic carbocycles. The standard InChI is InChI=1S/C46H28N2S/c1-3-14-29(15-4-1)33-27-39(30-16-5-2-6-17-30)47-40(28-33)31-18-13-19-32(26-31)44-36-22-9-8-21-35(36)43-45(48-44)37-23-10-7-20-34(37)42-38-24-11-12-25-41(38)49-46(42)43/h1-28H. The number of fused-ring (bicyclic) bond motifs is 10. The SMILES string of the molecule is c1ccc(-c2cc(-c3ccccc3)nc(-c3cccc(-c4nc5c6ccccc6c6c7ccccc7sc6c5c5ccccc45)c3)c2)cc1. The average molecular weight is 641 g/mol. The van der Waals surface area contributed by atoms with Crippen molar-refractivity contribution < 1.29 is 0 Å². The second-order valence-corrected chi connectivity index (χ2v) is 13.6. The summed E-state index contributed by atoms with van der Waals surface area (Å²) in [5, 5.41) is 8.67. The predicted octanol–water partition coefficient (Wildman–Crippen LogP) is 13.0. The number of aromatic nitrogens is 2. The third kappa shape index (κ3) is 4.55. The van der Waals surface area contributed by atoms with Gasteiger partial charge in [-0.3, -0.25) is 0 Å². The Morgan fingerprint density at radius 3 is 1.65 bits per heavy atom. The minimum atomic E-state index is 0.935. The van der Waals surface area contributed by atoms with Crippen LogP contribution < -0.4 is 0 Å². The van der Waals surface area contributed by atoms with Crippen LogP contribution in [0.2, 0.25) is 0 Å². The van der Waals surface area contributed by atoms with Crippen molar-refractivity contribution in [2.24, 2.45) is 0 Å². The van der Waals surface area contributed by atoms with Crippen molar-refractivity contribution in [2.45, 2.75) is 0 Å². The first kappa shape index (κ1) is 27.9. The lowest BCUT2D eigenvalue weighted by Crippen LogP contribution is -1.94. The molecule has 49 heavy (non-hydrogen) atoms. The smallest absolute Gasteiger partial charge is 0.0809 e. The van der Waals surface area contributed by atoms with Crippen molar-refractivity contribution in [3.8, 4) is 44.9 Å². The van der Waals surface area contributed by atoms with Crippen molar-refractivity contribution >= 4 is 64.0 Å². The summed E-state index contributed by atoms with van der Waals surface area (Å²) < 4.78 is 2.60. The Bertz CT molecular complexity index is 2810. The summed E-state index contributed by atoms with van der Waals surface area (Å²) in [5.41, 5.74) is 9.46. The van der Waals surface area contributed by atoms with E-state index in [1.807, 2.05) is 17.4 Å². The molecular weight excluding hydrogens is 613 g/mol. The predicted molar refractivity (Wildman–Crippen MR) is 209 cm³/mol. The minimum Gasteiger partial charge on any atom is -0.248 e. The summed E-state index contributed by atoms with van der Waals surface area (Å²) in [6.07, 6.45) is 0. The highest BCUT2D eigenvalue weighted by atomic mass is 32.1. The maximum Gasteiger partial charge on any atom is 0.0809 e. The van der Waals surface area contributed by atoms with Crippen LogP contribution in [0.4, 0.5) is 0 Å². The van der Waals surface area contributed by atoms with E-state index >= 15 is 0 Å². The molecule has 0 N–H and O–H groups in total. The minimum absolute atomic E-state index is 0.935. The zero-order chi connectivity index (χ0) is 32.3. The van der Waals surface area contributed by atoms with Gasteiger partial charge in [0.15, 0.2) is 0 Å². The van der Waals surface area contributed by atoms with Crippen LogP contribution in [0.15, 0.2) is 170 Å². The van der Waals surface area contributed by atoms with Gasteiger partial charge in [0.1, 0.15) is 0 Å². The van der Waals surface area contributed by atoms with Crippen LogP contribution in [-0.2, 0) is 0 Å². The van der Waals surface area contributed by atoms with E-state index in [4.69, 9.17) is 9.97 Å². The molecule has 0 amide bonds. The molecule has 0 atom stereocenters. The molecule has 0 bridgehead atoms. The molecule has 0 fully saturated rings. The van der Waals surface area contributed by atoms with Crippen LogP contribution >= 0.6 is 11.3 Å². The summed E-state index contributed by atoms with van der Waals surface area (Å²) >= 11 is 1.87. The van der Waals surface area contributed by atoms with Gasteiger partial charge in [-0.05, 0) is 46.2 Å². The van der Waals surface area contributed by atoms with E-state index < -0.39 is 0 Å². The van der Waals surface area contributed by atoms with Crippen LogP contribution in [0.5, 0.6) is 0 Å². The van der Waals surface area contributed by atoms with Gasteiger partial charge in [0, 0.05) is 53.0 Å². The number of benzene rings is 7. The van der Waals surface area contributed by atoms with E-state index in [0.717, 1.165) is 50.2 Å². The Morgan fingerprint density at radius 2 is 0.898 bits per heavy atom. The van der Waals surface area contributed by atoms with E-state index in [0.29, 0.717) is 0 Å². The Balaban J connectivity index is 1.23. The third-order valence-electron chi connectivity index (χ3n) is 9.62. The van der Waals surface area contributed by atoms with Gasteiger partial charge in [0.05, 0.1) is 22.6 Å². The molecule has 0 unspecified atom stereocenters. The van der Waals surface area contributed by atoms with Gasteiger partial charge in [0.2, 0.25) is 0 Å². The summed E-state index contributed by atoms with van der Waals surface area (Å²) in [5.74, 6) is 0. The van der Waals surface area contributed by atoms with E-state index in [2.05, 4.69) is 164 Å². The first-order valence-corrected chi connectivity index (χ1v) is 17.4. The largest absolute Gasteiger partial charge is 0.248 e. The normalized spacial score (nSPS) is 11.7. The molecule has 2 nitrogen and oxygen atoms in total. The fourth-order valence-corrected chi connectivity index (χ4v) is 8.64. The fraction of sp³-hybridized carbons (Fsp3) is 0. The number of hydrogen-bond donors (Lipinski definition) is 0. The van der Waals surface area contributed by atoms with Crippen LogP contribution in [0, 0.1) is 0 Å². The topological polar surface area (TPSA) is 25.8 Å². The molecular formula is C46H28N2S. The van der Waals surface area contributed by atoms with Gasteiger partial charge < -0.3 is 0 Å². The Hall–Kier alpha value is -6.16. The van der Waals surface area contributed by atoms with Crippen molar-refractivity contribution in [1.82, 2.24) is 9.97 Å². The maximum atomic E-state index is 5.57. The van der Waals surface area contributed by atoms with Crippen molar-refractivity contribution in [1.29, 1.82) is 0 Å². The monoisotopic (exact) mass is 640 g/mol. The summed E-state index contributed by atoms with van der Waals surface area (Å²) in [6, 6.07) is 60.4. The summed E-state index contributed by atoms with van der Waals surface area (Å²) in [7, 11) is 0. The summed E-state index contributed by atoms with van der Waals surface area (Å²) in [4.78, 5) is 10.8. The molecule has 0 saturated heterocycles. The molecule has 3 heteroatoms. The third-order valence-corrected chi connectivity index (χ3v) is 10.8. The quantitative estimate of drug-likeness (QED) is 0.179. The molecule has 10 rings (SSSR count). The van der Waals surface area contributed by atoms with Crippen LogP contribution in [0.25, 0.3) is 97.5 Å². The van der Waals surface area contributed by atoms with E-state index in [-0.39, 0.29) is 0 Å². The highest BCUT2D eigenvalue weighted by molar-refractivity contribution is 7.27. The van der Waals surface area contributed by atoms with Gasteiger partial charge in [-0.15, -0.1) is 11.3 Å². The lowest BCUT2D eigenvalue weighted by atomic mass is 9.94. The van der Waals surface area contributed by atoms with Gasteiger partial charge in [0.25, 0.3) is 0 Å². The van der Waals surface area contributed by atoms with Gasteiger partial charge >= 0.3 is 0 Å². The second kappa shape index (κ2) is 11.2. The van der Waals surface area contributed by atoms with E-state index in [1.165, 1.54) is 47.3 Å². The van der Waals surface area contributed by atoms with Gasteiger partial charge in [-0.1, -0.05) is 146 Å². The highest BCUT2D eigenvalue weighted by Crippen LogP contribution is 2.47. The zero-order valence-corrected chi connectivity index (χ0v) is 27.3. The highest BCUT2D eigenvalue weighted by Gasteiger charge is 2.20. The molecule has 228 valence electrons. The van der Waals surface area contributed by atoms with Crippen LogP contribution in [-0.4, -0.2) is 9.97 Å². The molecule has 7 aromatic carbocycles.